The molecule has 0 spiro atoms. The van der Waals surface area contributed by atoms with Crippen LogP contribution >= 0.6 is 0 Å². The van der Waals surface area contributed by atoms with Gasteiger partial charge in [0.1, 0.15) is 11.2 Å². The summed E-state index contributed by atoms with van der Waals surface area (Å²) in [6.45, 7) is 7.30. The van der Waals surface area contributed by atoms with E-state index >= 15 is 0 Å². The van der Waals surface area contributed by atoms with Gasteiger partial charge in [-0.05, 0) is 41.3 Å². The van der Waals surface area contributed by atoms with Crippen molar-refractivity contribution in [2.45, 2.75) is 51.7 Å². The Hall–Kier alpha value is -2.39. The third-order valence-electron chi connectivity index (χ3n) is 6.46. The van der Waals surface area contributed by atoms with Crippen LogP contribution in [0.5, 0.6) is 0 Å². The Balaban J connectivity index is 1.66. The van der Waals surface area contributed by atoms with Gasteiger partial charge in [0.25, 0.3) is 0 Å². The molecule has 0 radical (unpaired) electrons. The lowest BCUT2D eigenvalue weighted by Crippen LogP contribution is -2.41. The average molecular weight is 400 g/mol. The van der Waals surface area contributed by atoms with Crippen molar-refractivity contribution < 1.29 is 4.42 Å². The third-order valence-corrected chi connectivity index (χ3v) is 8.53. The first-order valence-corrected chi connectivity index (χ1v) is 14.4. The van der Waals surface area contributed by atoms with Crippen LogP contribution in [0.3, 0.4) is 0 Å². The van der Waals surface area contributed by atoms with Gasteiger partial charge < -0.3 is 4.42 Å². The quantitative estimate of drug-likeness (QED) is 0.348. The Bertz CT molecular complexity index is 1180. The van der Waals surface area contributed by atoms with Crippen LogP contribution < -0.4 is 5.19 Å². The van der Waals surface area contributed by atoms with Gasteiger partial charge in [-0.2, -0.15) is 0 Å². The van der Waals surface area contributed by atoms with Crippen LogP contribution in [0.15, 0.2) is 59.1 Å². The number of benzene rings is 2. The maximum absolute atomic E-state index is 6.28. The predicted octanol–water partition coefficient (Wildman–Crippen LogP) is 6.93. The molecule has 5 rings (SSSR count). The molecule has 1 fully saturated rings. The Morgan fingerprint density at radius 1 is 0.966 bits per heavy atom. The molecule has 2 aromatic carbocycles. The Labute approximate surface area is 174 Å². The van der Waals surface area contributed by atoms with Crippen LogP contribution in [-0.4, -0.2) is 13.1 Å². The van der Waals surface area contributed by atoms with Crippen molar-refractivity contribution in [1.82, 2.24) is 4.98 Å². The molecule has 0 unspecified atom stereocenters. The molecule has 0 amide bonds. The zero-order chi connectivity index (χ0) is 20.0. The Morgan fingerprint density at radius 2 is 1.72 bits per heavy atom. The predicted molar refractivity (Wildman–Crippen MR) is 126 cm³/mol. The van der Waals surface area contributed by atoms with Gasteiger partial charge in [0, 0.05) is 22.5 Å². The van der Waals surface area contributed by atoms with E-state index < -0.39 is 8.07 Å². The largest absolute Gasteiger partial charge is 0.455 e. The van der Waals surface area contributed by atoms with Crippen LogP contribution in [0.25, 0.3) is 33.2 Å². The summed E-state index contributed by atoms with van der Waals surface area (Å²) in [7, 11) is -1.44. The molecule has 29 heavy (non-hydrogen) atoms. The van der Waals surface area contributed by atoms with E-state index in [2.05, 4.69) is 62.2 Å². The van der Waals surface area contributed by atoms with E-state index in [-0.39, 0.29) is 0 Å². The van der Waals surface area contributed by atoms with Gasteiger partial charge in [0.15, 0.2) is 0 Å². The SMILES string of the molecule is C[Si](C)(C)c1cnc(-c2cccc3c2oc2ccccc23)cc1CC1CCCC1. The van der Waals surface area contributed by atoms with Crippen molar-refractivity contribution in [3.63, 3.8) is 0 Å². The fraction of sp³-hybridized carbons (Fsp3) is 0.346. The zero-order valence-corrected chi connectivity index (χ0v) is 18.7. The fourth-order valence-electron chi connectivity index (χ4n) is 4.96. The minimum Gasteiger partial charge on any atom is -0.455 e. The smallest absolute Gasteiger partial charge is 0.144 e. The van der Waals surface area contributed by atoms with Crippen LogP contribution in [0, 0.1) is 5.92 Å². The summed E-state index contributed by atoms with van der Waals surface area (Å²) in [6.07, 6.45) is 8.91. The molecule has 2 nitrogen and oxygen atoms in total. The molecule has 3 heteroatoms. The number of aromatic nitrogens is 1. The van der Waals surface area contributed by atoms with Crippen molar-refractivity contribution >= 4 is 35.2 Å². The average Bonchev–Trinajstić information content (AvgIpc) is 3.34. The molecule has 2 aromatic heterocycles. The van der Waals surface area contributed by atoms with Crippen molar-refractivity contribution in [3.05, 3.63) is 60.3 Å². The molecule has 148 valence electrons. The van der Waals surface area contributed by atoms with Crippen LogP contribution in [0.4, 0.5) is 0 Å². The molecule has 1 saturated carbocycles. The van der Waals surface area contributed by atoms with E-state index in [0.29, 0.717) is 0 Å². The molecule has 0 N–H and O–H groups in total. The van der Waals surface area contributed by atoms with E-state index in [1.807, 2.05) is 12.1 Å². The highest BCUT2D eigenvalue weighted by Gasteiger charge is 2.25. The molecule has 0 aliphatic heterocycles. The van der Waals surface area contributed by atoms with E-state index in [1.54, 1.807) is 0 Å². The highest BCUT2D eigenvalue weighted by molar-refractivity contribution is 6.89. The first-order chi connectivity index (χ1) is 14.0. The van der Waals surface area contributed by atoms with E-state index in [9.17, 15) is 0 Å². The molecule has 0 saturated heterocycles. The maximum atomic E-state index is 6.28. The summed E-state index contributed by atoms with van der Waals surface area (Å²) in [5.41, 5.74) is 5.57. The summed E-state index contributed by atoms with van der Waals surface area (Å²) >= 11 is 0. The van der Waals surface area contributed by atoms with Crippen LogP contribution in [-0.2, 0) is 6.42 Å². The summed E-state index contributed by atoms with van der Waals surface area (Å²) in [5.74, 6) is 0.836. The topological polar surface area (TPSA) is 26.0 Å². The summed E-state index contributed by atoms with van der Waals surface area (Å²) in [4.78, 5) is 4.95. The maximum Gasteiger partial charge on any atom is 0.144 e. The number of rotatable bonds is 4. The second-order valence-electron chi connectivity index (χ2n) is 9.61. The van der Waals surface area contributed by atoms with E-state index in [1.165, 1.54) is 53.6 Å². The number of hydrogen-bond donors (Lipinski definition) is 0. The van der Waals surface area contributed by atoms with Crippen molar-refractivity contribution in [3.8, 4) is 11.3 Å². The molecular weight excluding hydrogens is 370 g/mol. The lowest BCUT2D eigenvalue weighted by molar-refractivity contribution is 0.547. The Morgan fingerprint density at radius 3 is 2.52 bits per heavy atom. The number of para-hydroxylation sites is 2. The number of pyridine rings is 1. The third kappa shape index (κ3) is 3.42. The standard InChI is InChI=1S/C26H29NOSi/c1-29(2,3)25-17-27-23(16-19(25)15-18-9-4-5-10-18)22-13-8-12-21-20-11-6-7-14-24(20)28-26(21)22/h6-8,11-14,16-18H,4-5,9-10,15H2,1-3H3. The van der Waals surface area contributed by atoms with Gasteiger partial charge in [-0.3, -0.25) is 4.98 Å². The van der Waals surface area contributed by atoms with Crippen molar-refractivity contribution in [2.75, 3.05) is 0 Å². The molecule has 0 atom stereocenters. The monoisotopic (exact) mass is 399 g/mol. The van der Waals surface area contributed by atoms with Gasteiger partial charge in [-0.15, -0.1) is 0 Å². The van der Waals surface area contributed by atoms with Gasteiger partial charge in [0.05, 0.1) is 13.8 Å². The highest BCUT2D eigenvalue weighted by Crippen LogP contribution is 2.35. The summed E-state index contributed by atoms with van der Waals surface area (Å²) in [5, 5.41) is 3.87. The highest BCUT2D eigenvalue weighted by atomic mass is 28.3. The van der Waals surface area contributed by atoms with Gasteiger partial charge in [0.2, 0.25) is 0 Å². The van der Waals surface area contributed by atoms with Crippen LogP contribution in [0.1, 0.15) is 31.2 Å². The second-order valence-corrected chi connectivity index (χ2v) is 14.7. The first kappa shape index (κ1) is 18.6. The number of nitrogens with zero attached hydrogens (tertiary/aromatic N) is 1. The van der Waals surface area contributed by atoms with Gasteiger partial charge in [-0.1, -0.05) is 75.7 Å². The zero-order valence-electron chi connectivity index (χ0n) is 17.7. The number of furan rings is 1. The molecule has 1 aliphatic rings. The molecule has 2 heterocycles. The van der Waals surface area contributed by atoms with E-state index in [0.717, 1.165) is 28.3 Å². The van der Waals surface area contributed by atoms with Crippen LogP contribution in [0.2, 0.25) is 19.6 Å². The normalized spacial score (nSPS) is 15.6. The minimum absolute atomic E-state index is 0.836. The first-order valence-electron chi connectivity index (χ1n) is 10.9. The minimum atomic E-state index is -1.44. The van der Waals surface area contributed by atoms with E-state index in [4.69, 9.17) is 9.40 Å². The lowest BCUT2D eigenvalue weighted by Gasteiger charge is -2.23. The molecular formula is C26H29NOSi. The van der Waals surface area contributed by atoms with Gasteiger partial charge in [-0.25, -0.2) is 0 Å². The summed E-state index contributed by atoms with van der Waals surface area (Å²) in [6, 6.07) is 17.1. The lowest BCUT2D eigenvalue weighted by atomic mass is 9.97. The van der Waals surface area contributed by atoms with Crippen molar-refractivity contribution in [1.29, 1.82) is 0 Å². The molecule has 0 bridgehead atoms. The molecule has 4 aromatic rings. The van der Waals surface area contributed by atoms with Crippen molar-refractivity contribution in [2.24, 2.45) is 5.92 Å². The second kappa shape index (κ2) is 7.14. The van der Waals surface area contributed by atoms with Gasteiger partial charge >= 0.3 is 0 Å². The number of fused-ring (bicyclic) bond motifs is 3. The molecule has 1 aliphatic carbocycles. The number of hydrogen-bond acceptors (Lipinski definition) is 2. The summed E-state index contributed by atoms with van der Waals surface area (Å²) < 4.78 is 6.28. The fourth-order valence-corrected chi connectivity index (χ4v) is 6.55. The Kier molecular flexibility index (Phi) is 4.58.